The zero-order valence-electron chi connectivity index (χ0n) is 11.1. The Morgan fingerprint density at radius 1 is 1.40 bits per heavy atom. The molecule has 7 nitrogen and oxygen atoms in total. The SMILES string of the molecule is COCCNCCNS(=O)(=O)c1cnn(CC(F)F)c1. The smallest absolute Gasteiger partial charge is 0.257 e. The predicted octanol–water partition coefficient (Wildman–Crippen LogP) is -0.337. The van der Waals surface area contributed by atoms with Gasteiger partial charge in [0.05, 0.1) is 12.8 Å². The quantitative estimate of drug-likeness (QED) is 0.578. The molecule has 1 heterocycles. The standard InChI is InChI=1S/C10H18F2N4O3S/c1-19-5-4-13-2-3-15-20(17,18)9-6-14-16(7-9)8-10(11)12/h6-7,10,13,15H,2-5,8H2,1H3. The van der Waals surface area contributed by atoms with Gasteiger partial charge in [-0.15, -0.1) is 0 Å². The van der Waals surface area contributed by atoms with E-state index < -0.39 is 23.0 Å². The first-order valence-corrected chi connectivity index (χ1v) is 7.44. The molecule has 0 aromatic carbocycles. The van der Waals surface area contributed by atoms with Crippen LogP contribution in [0.2, 0.25) is 0 Å². The molecule has 1 rings (SSSR count). The molecule has 0 aliphatic carbocycles. The summed E-state index contributed by atoms with van der Waals surface area (Å²) in [4.78, 5) is -0.130. The van der Waals surface area contributed by atoms with Gasteiger partial charge in [-0.05, 0) is 0 Å². The Bertz CT molecular complexity index is 492. The molecule has 1 aromatic heterocycles. The molecule has 1 aromatic rings. The molecule has 0 bridgehead atoms. The number of nitrogens with one attached hydrogen (secondary N) is 2. The van der Waals surface area contributed by atoms with E-state index in [0.29, 0.717) is 19.7 Å². The van der Waals surface area contributed by atoms with E-state index >= 15 is 0 Å². The first-order chi connectivity index (χ1) is 9.45. The number of methoxy groups -OCH3 is 1. The van der Waals surface area contributed by atoms with Crippen LogP contribution >= 0.6 is 0 Å². The highest BCUT2D eigenvalue weighted by atomic mass is 32.2. The summed E-state index contributed by atoms with van der Waals surface area (Å²) < 4.78 is 56.0. The van der Waals surface area contributed by atoms with Crippen LogP contribution in [-0.2, 0) is 21.3 Å². The number of rotatable bonds is 10. The lowest BCUT2D eigenvalue weighted by atomic mass is 10.6. The number of aromatic nitrogens is 2. The third-order valence-corrected chi connectivity index (χ3v) is 3.74. The van der Waals surface area contributed by atoms with Crippen LogP contribution in [0.25, 0.3) is 0 Å². The van der Waals surface area contributed by atoms with E-state index in [-0.39, 0.29) is 11.4 Å². The van der Waals surface area contributed by atoms with E-state index in [1.165, 1.54) is 0 Å². The second-order valence-electron chi connectivity index (χ2n) is 3.93. The molecule has 0 unspecified atom stereocenters. The van der Waals surface area contributed by atoms with Crippen molar-refractivity contribution in [3.63, 3.8) is 0 Å². The highest BCUT2D eigenvalue weighted by molar-refractivity contribution is 7.89. The Morgan fingerprint density at radius 3 is 2.80 bits per heavy atom. The zero-order chi connectivity index (χ0) is 15.0. The Morgan fingerprint density at radius 2 is 2.15 bits per heavy atom. The number of alkyl halides is 2. The number of hydrogen-bond donors (Lipinski definition) is 2. The summed E-state index contributed by atoms with van der Waals surface area (Å²) in [6, 6.07) is 0. The van der Waals surface area contributed by atoms with Crippen molar-refractivity contribution in [3.8, 4) is 0 Å². The Labute approximate surface area is 116 Å². The molecule has 10 heteroatoms. The van der Waals surface area contributed by atoms with Gasteiger partial charge in [-0.2, -0.15) is 5.10 Å². The Kier molecular flexibility index (Phi) is 6.99. The lowest BCUT2D eigenvalue weighted by molar-refractivity contribution is 0.121. The molecule has 0 aliphatic rings. The van der Waals surface area contributed by atoms with Gasteiger partial charge in [0.1, 0.15) is 11.4 Å². The maximum atomic E-state index is 12.1. The molecule has 0 saturated heterocycles. The van der Waals surface area contributed by atoms with Crippen molar-refractivity contribution in [1.29, 1.82) is 0 Å². The van der Waals surface area contributed by atoms with Gasteiger partial charge in [0.15, 0.2) is 0 Å². The van der Waals surface area contributed by atoms with Gasteiger partial charge < -0.3 is 10.1 Å². The largest absolute Gasteiger partial charge is 0.383 e. The minimum absolute atomic E-state index is 0.130. The maximum absolute atomic E-state index is 12.1. The molecule has 0 atom stereocenters. The number of hydrogen-bond acceptors (Lipinski definition) is 5. The van der Waals surface area contributed by atoms with Crippen molar-refractivity contribution in [2.45, 2.75) is 17.9 Å². The van der Waals surface area contributed by atoms with Crippen molar-refractivity contribution in [2.24, 2.45) is 0 Å². The molecule has 0 radical (unpaired) electrons. The summed E-state index contributed by atoms with van der Waals surface area (Å²) in [7, 11) is -2.15. The summed E-state index contributed by atoms with van der Waals surface area (Å²) in [6.45, 7) is 1.14. The van der Waals surface area contributed by atoms with Crippen LogP contribution < -0.4 is 10.0 Å². The minimum Gasteiger partial charge on any atom is -0.383 e. The fourth-order valence-corrected chi connectivity index (χ4v) is 2.36. The lowest BCUT2D eigenvalue weighted by Crippen LogP contribution is -2.33. The van der Waals surface area contributed by atoms with Crippen molar-refractivity contribution in [2.75, 3.05) is 33.4 Å². The van der Waals surface area contributed by atoms with E-state index in [2.05, 4.69) is 15.1 Å². The van der Waals surface area contributed by atoms with E-state index in [4.69, 9.17) is 4.74 Å². The van der Waals surface area contributed by atoms with Gasteiger partial charge >= 0.3 is 0 Å². The summed E-state index contributed by atoms with van der Waals surface area (Å²) in [5, 5.41) is 6.55. The Balaban J connectivity index is 2.42. The van der Waals surface area contributed by atoms with Crippen molar-refractivity contribution in [3.05, 3.63) is 12.4 Å². The number of halogens is 2. The molecular weight excluding hydrogens is 294 g/mol. The van der Waals surface area contributed by atoms with E-state index in [1.54, 1.807) is 7.11 Å². The van der Waals surface area contributed by atoms with E-state index in [1.807, 2.05) is 0 Å². The third kappa shape index (κ3) is 5.90. The van der Waals surface area contributed by atoms with Gasteiger partial charge in [0, 0.05) is 32.9 Å². The Hall–Kier alpha value is -1.10. The van der Waals surface area contributed by atoms with Crippen LogP contribution in [0.1, 0.15) is 0 Å². The van der Waals surface area contributed by atoms with Crippen LogP contribution in [0.15, 0.2) is 17.3 Å². The number of sulfonamides is 1. The minimum atomic E-state index is -3.72. The molecule has 20 heavy (non-hydrogen) atoms. The molecule has 0 fully saturated rings. The lowest BCUT2D eigenvalue weighted by Gasteiger charge is -2.06. The monoisotopic (exact) mass is 312 g/mol. The van der Waals surface area contributed by atoms with Crippen LogP contribution in [0.5, 0.6) is 0 Å². The van der Waals surface area contributed by atoms with Gasteiger partial charge in [-0.25, -0.2) is 21.9 Å². The molecule has 0 spiro atoms. The number of ether oxygens (including phenoxy) is 1. The summed E-state index contributed by atoms with van der Waals surface area (Å²) in [6.07, 6.45) is -0.459. The topological polar surface area (TPSA) is 85.2 Å². The molecular formula is C10H18F2N4O3S. The summed E-state index contributed by atoms with van der Waals surface area (Å²) in [5.74, 6) is 0. The fraction of sp³-hybridized carbons (Fsp3) is 0.700. The summed E-state index contributed by atoms with van der Waals surface area (Å²) in [5.41, 5.74) is 0. The molecule has 116 valence electrons. The van der Waals surface area contributed by atoms with Crippen LogP contribution in [0, 0.1) is 0 Å². The highest BCUT2D eigenvalue weighted by Crippen LogP contribution is 2.07. The van der Waals surface area contributed by atoms with Crippen LogP contribution in [-0.4, -0.2) is 58.0 Å². The number of nitrogens with zero attached hydrogens (tertiary/aromatic N) is 2. The van der Waals surface area contributed by atoms with E-state index in [9.17, 15) is 17.2 Å². The normalized spacial score (nSPS) is 12.2. The van der Waals surface area contributed by atoms with Crippen molar-refractivity contribution >= 4 is 10.0 Å². The summed E-state index contributed by atoms with van der Waals surface area (Å²) >= 11 is 0. The molecule has 0 aliphatic heterocycles. The van der Waals surface area contributed by atoms with Crippen molar-refractivity contribution < 1.29 is 21.9 Å². The van der Waals surface area contributed by atoms with Gasteiger partial charge in [-0.3, -0.25) is 4.68 Å². The second kappa shape index (κ2) is 8.25. The molecule has 0 saturated carbocycles. The van der Waals surface area contributed by atoms with Crippen LogP contribution in [0.3, 0.4) is 0 Å². The third-order valence-electron chi connectivity index (χ3n) is 2.32. The van der Waals surface area contributed by atoms with Gasteiger partial charge in [-0.1, -0.05) is 0 Å². The van der Waals surface area contributed by atoms with Gasteiger partial charge in [0.2, 0.25) is 10.0 Å². The van der Waals surface area contributed by atoms with E-state index in [0.717, 1.165) is 17.1 Å². The fourth-order valence-electron chi connectivity index (χ4n) is 1.38. The molecule has 0 amide bonds. The average molecular weight is 312 g/mol. The highest BCUT2D eigenvalue weighted by Gasteiger charge is 2.16. The van der Waals surface area contributed by atoms with Gasteiger partial charge in [0.25, 0.3) is 6.43 Å². The second-order valence-corrected chi connectivity index (χ2v) is 5.70. The first-order valence-electron chi connectivity index (χ1n) is 5.95. The van der Waals surface area contributed by atoms with Crippen molar-refractivity contribution in [1.82, 2.24) is 19.8 Å². The van der Waals surface area contributed by atoms with Crippen LogP contribution in [0.4, 0.5) is 8.78 Å². The average Bonchev–Trinajstić information content (AvgIpc) is 2.82. The predicted molar refractivity (Wildman–Crippen MR) is 68.2 cm³/mol. The maximum Gasteiger partial charge on any atom is 0.257 e. The molecule has 2 N–H and O–H groups in total. The first kappa shape index (κ1) is 17.0. The zero-order valence-corrected chi connectivity index (χ0v) is 11.9.